The van der Waals surface area contributed by atoms with E-state index in [1.165, 1.54) is 6.07 Å². The second-order valence-corrected chi connectivity index (χ2v) is 6.94. The molecule has 0 saturated heterocycles. The van der Waals surface area contributed by atoms with Crippen LogP contribution in [0.4, 0.5) is 10.2 Å². The summed E-state index contributed by atoms with van der Waals surface area (Å²) in [7, 11) is -3.97. The van der Waals surface area contributed by atoms with Crippen molar-refractivity contribution in [2.75, 3.05) is 4.72 Å². The minimum absolute atomic E-state index is 0.146. The normalized spacial score (nSPS) is 12.6. The molecule has 0 bridgehead atoms. The Morgan fingerprint density at radius 2 is 2.17 bits per heavy atom. The van der Waals surface area contributed by atoms with E-state index >= 15 is 0 Å². The molecule has 0 aliphatic heterocycles. The summed E-state index contributed by atoms with van der Waals surface area (Å²) in [5.74, 6) is -0.500. The molecule has 1 heterocycles. The maximum Gasteiger partial charge on any atom is 0.263 e. The molecule has 1 aromatic heterocycles. The van der Waals surface area contributed by atoms with Crippen molar-refractivity contribution in [1.82, 2.24) is 10.2 Å². The maximum atomic E-state index is 13.6. The minimum Gasteiger partial charge on any atom is -0.280 e. The molecule has 0 amide bonds. The van der Waals surface area contributed by atoms with Crippen LogP contribution in [-0.4, -0.2) is 18.6 Å². The van der Waals surface area contributed by atoms with Crippen molar-refractivity contribution >= 4 is 15.8 Å². The van der Waals surface area contributed by atoms with E-state index < -0.39 is 15.8 Å². The SMILES string of the molecule is CCCC(C)c1cc(NS(=O)(=O)c2ccc(C#N)c(F)c2)n[nH]1. The fourth-order valence-electron chi connectivity index (χ4n) is 2.18. The molecular formula is C15H17FN4O2S. The highest BCUT2D eigenvalue weighted by atomic mass is 32.2. The van der Waals surface area contributed by atoms with Gasteiger partial charge >= 0.3 is 0 Å². The van der Waals surface area contributed by atoms with Crippen LogP contribution < -0.4 is 4.72 Å². The summed E-state index contributed by atoms with van der Waals surface area (Å²) < 4.78 is 40.4. The van der Waals surface area contributed by atoms with Gasteiger partial charge in [-0.15, -0.1) is 0 Å². The number of aromatic amines is 1. The van der Waals surface area contributed by atoms with Gasteiger partial charge in [0.2, 0.25) is 0 Å². The number of hydrogen-bond acceptors (Lipinski definition) is 4. The van der Waals surface area contributed by atoms with E-state index in [-0.39, 0.29) is 22.2 Å². The lowest BCUT2D eigenvalue weighted by molar-refractivity contribution is 0.594. The quantitative estimate of drug-likeness (QED) is 0.846. The lowest BCUT2D eigenvalue weighted by atomic mass is 10.0. The number of halogens is 1. The van der Waals surface area contributed by atoms with Crippen molar-refractivity contribution in [2.24, 2.45) is 0 Å². The Labute approximate surface area is 134 Å². The number of nitrogens with one attached hydrogen (secondary N) is 2. The second-order valence-electron chi connectivity index (χ2n) is 5.26. The van der Waals surface area contributed by atoms with Gasteiger partial charge in [-0.2, -0.15) is 10.4 Å². The van der Waals surface area contributed by atoms with Crippen molar-refractivity contribution in [3.63, 3.8) is 0 Å². The van der Waals surface area contributed by atoms with Gasteiger partial charge in [-0.1, -0.05) is 20.3 Å². The monoisotopic (exact) mass is 336 g/mol. The molecule has 23 heavy (non-hydrogen) atoms. The Balaban J connectivity index is 2.22. The smallest absolute Gasteiger partial charge is 0.263 e. The van der Waals surface area contributed by atoms with E-state index in [1.807, 2.05) is 6.92 Å². The van der Waals surface area contributed by atoms with Gasteiger partial charge in [0.05, 0.1) is 10.5 Å². The molecule has 6 nitrogen and oxygen atoms in total. The topological polar surface area (TPSA) is 98.6 Å². The third-order valence-corrected chi connectivity index (χ3v) is 4.81. The van der Waals surface area contributed by atoms with E-state index in [1.54, 1.807) is 12.1 Å². The van der Waals surface area contributed by atoms with Crippen LogP contribution in [0.25, 0.3) is 0 Å². The van der Waals surface area contributed by atoms with Crippen LogP contribution in [-0.2, 0) is 10.0 Å². The number of aromatic nitrogens is 2. The van der Waals surface area contributed by atoms with Crippen LogP contribution in [0.3, 0.4) is 0 Å². The molecule has 2 N–H and O–H groups in total. The summed E-state index contributed by atoms with van der Waals surface area (Å²) >= 11 is 0. The summed E-state index contributed by atoms with van der Waals surface area (Å²) in [6, 6.07) is 6.39. The number of anilines is 1. The molecule has 1 unspecified atom stereocenters. The van der Waals surface area contributed by atoms with E-state index in [0.29, 0.717) is 0 Å². The predicted molar refractivity (Wildman–Crippen MR) is 83.8 cm³/mol. The van der Waals surface area contributed by atoms with E-state index in [9.17, 15) is 12.8 Å². The van der Waals surface area contributed by atoms with Gasteiger partial charge in [-0.05, 0) is 30.5 Å². The number of benzene rings is 1. The molecule has 2 aromatic rings. The van der Waals surface area contributed by atoms with Gasteiger partial charge in [0.15, 0.2) is 5.82 Å². The van der Waals surface area contributed by atoms with Crippen LogP contribution in [0.1, 0.15) is 43.9 Å². The Bertz CT molecular complexity index is 839. The molecule has 0 fully saturated rings. The highest BCUT2D eigenvalue weighted by Gasteiger charge is 2.18. The van der Waals surface area contributed by atoms with Crippen LogP contribution in [0.15, 0.2) is 29.2 Å². The summed E-state index contributed by atoms with van der Waals surface area (Å²) in [6.45, 7) is 4.08. The zero-order valence-electron chi connectivity index (χ0n) is 12.8. The zero-order valence-corrected chi connectivity index (χ0v) is 13.6. The van der Waals surface area contributed by atoms with Gasteiger partial charge < -0.3 is 0 Å². The number of nitrogens with zero attached hydrogens (tertiary/aromatic N) is 2. The number of hydrogen-bond donors (Lipinski definition) is 2. The highest BCUT2D eigenvalue weighted by Crippen LogP contribution is 2.22. The lowest BCUT2D eigenvalue weighted by Crippen LogP contribution is -2.13. The first-order chi connectivity index (χ1) is 10.9. The number of H-pyrrole nitrogens is 1. The predicted octanol–water partition coefficient (Wildman–Crippen LogP) is 3.12. The number of rotatable bonds is 6. The van der Waals surface area contributed by atoms with Gasteiger partial charge in [0.1, 0.15) is 11.9 Å². The van der Waals surface area contributed by atoms with Crippen molar-refractivity contribution in [2.45, 2.75) is 37.5 Å². The zero-order chi connectivity index (χ0) is 17.0. The van der Waals surface area contributed by atoms with Crippen LogP contribution in [0, 0.1) is 17.1 Å². The minimum atomic E-state index is -3.97. The molecule has 0 spiro atoms. The summed E-state index contributed by atoms with van der Waals surface area (Å²) in [5.41, 5.74) is 0.620. The molecule has 8 heteroatoms. The van der Waals surface area contributed by atoms with E-state index in [2.05, 4.69) is 21.8 Å². The first-order valence-electron chi connectivity index (χ1n) is 7.15. The largest absolute Gasteiger partial charge is 0.280 e. The first kappa shape index (κ1) is 17.0. The van der Waals surface area contributed by atoms with Crippen LogP contribution in [0.5, 0.6) is 0 Å². The van der Waals surface area contributed by atoms with Crippen LogP contribution in [0.2, 0.25) is 0 Å². The second kappa shape index (κ2) is 6.79. The molecule has 1 atom stereocenters. The number of sulfonamides is 1. The van der Waals surface area contributed by atoms with E-state index in [4.69, 9.17) is 5.26 Å². The van der Waals surface area contributed by atoms with Crippen molar-refractivity contribution in [3.05, 3.63) is 41.3 Å². The van der Waals surface area contributed by atoms with Gasteiger partial charge in [0, 0.05) is 11.8 Å². The first-order valence-corrected chi connectivity index (χ1v) is 8.63. The number of nitriles is 1. The van der Waals surface area contributed by atoms with Crippen molar-refractivity contribution in [3.8, 4) is 6.07 Å². The van der Waals surface area contributed by atoms with Gasteiger partial charge in [-0.3, -0.25) is 9.82 Å². The third-order valence-electron chi connectivity index (χ3n) is 3.46. The van der Waals surface area contributed by atoms with Gasteiger partial charge in [0.25, 0.3) is 10.0 Å². The fourth-order valence-corrected chi connectivity index (χ4v) is 3.18. The van der Waals surface area contributed by atoms with Crippen molar-refractivity contribution < 1.29 is 12.8 Å². The highest BCUT2D eigenvalue weighted by molar-refractivity contribution is 7.92. The Morgan fingerprint density at radius 3 is 2.78 bits per heavy atom. The Morgan fingerprint density at radius 1 is 1.43 bits per heavy atom. The summed E-state index contributed by atoms with van der Waals surface area (Å²) in [5, 5.41) is 15.4. The Hall–Kier alpha value is -2.40. The lowest BCUT2D eigenvalue weighted by Gasteiger charge is -2.06. The summed E-state index contributed by atoms with van der Waals surface area (Å²) in [6.07, 6.45) is 1.96. The van der Waals surface area contributed by atoms with Crippen molar-refractivity contribution in [1.29, 1.82) is 5.26 Å². The molecule has 0 saturated carbocycles. The third kappa shape index (κ3) is 3.87. The molecule has 0 aliphatic carbocycles. The summed E-state index contributed by atoms with van der Waals surface area (Å²) in [4.78, 5) is -0.264. The average molecular weight is 336 g/mol. The molecule has 0 radical (unpaired) electrons. The molecule has 1 aromatic carbocycles. The molecular weight excluding hydrogens is 319 g/mol. The fraction of sp³-hybridized carbons (Fsp3) is 0.333. The molecule has 2 rings (SSSR count). The average Bonchev–Trinajstić information content (AvgIpc) is 2.95. The van der Waals surface area contributed by atoms with Crippen LogP contribution >= 0.6 is 0 Å². The van der Waals surface area contributed by atoms with E-state index in [0.717, 1.165) is 30.7 Å². The Kier molecular flexibility index (Phi) is 5.01. The maximum absolute atomic E-state index is 13.6. The standard InChI is InChI=1S/C15H17FN4O2S/c1-3-4-10(2)14-8-15(19-18-14)20-23(21,22)12-6-5-11(9-17)13(16)7-12/h5-8,10H,3-4H2,1-2H3,(H2,18,19,20). The molecule has 0 aliphatic rings. The molecule has 122 valence electrons. The van der Waals surface area contributed by atoms with Gasteiger partial charge in [-0.25, -0.2) is 12.8 Å².